The maximum atomic E-state index is 14.0. The van der Waals surface area contributed by atoms with E-state index in [9.17, 15) is 14.0 Å². The Morgan fingerprint density at radius 2 is 1.90 bits per heavy atom. The highest BCUT2D eigenvalue weighted by molar-refractivity contribution is 7.91. The first-order valence-electron chi connectivity index (χ1n) is 6.81. The number of aromatic hydroxyl groups is 1. The van der Waals surface area contributed by atoms with Crippen molar-refractivity contribution < 1.29 is 14.0 Å². The van der Waals surface area contributed by atoms with E-state index in [-0.39, 0.29) is 5.75 Å². The molecule has 0 amide bonds. The number of fused-ring (bicyclic) bond motifs is 1. The molecule has 1 aromatic carbocycles. The minimum absolute atomic E-state index is 0.332. The molecule has 1 aliphatic rings. The Morgan fingerprint density at radius 3 is 2.55 bits per heavy atom. The zero-order valence-electron chi connectivity index (χ0n) is 12.1. The molecule has 0 fully saturated rings. The van der Waals surface area contributed by atoms with E-state index < -0.39 is 21.9 Å². The van der Waals surface area contributed by atoms with Crippen LogP contribution in [0, 0.1) is 5.82 Å². The van der Waals surface area contributed by atoms with Crippen LogP contribution in [-0.4, -0.2) is 20.1 Å². The Kier molecular flexibility index (Phi) is 4.39. The lowest BCUT2D eigenvalue weighted by Gasteiger charge is -2.19. The van der Waals surface area contributed by atoms with Gasteiger partial charge in [-0.1, -0.05) is 4.40 Å². The molecule has 1 N–H and O–H groups in total. The van der Waals surface area contributed by atoms with Crippen LogP contribution in [0.5, 0.6) is 5.75 Å². The summed E-state index contributed by atoms with van der Waals surface area (Å²) in [5, 5.41) is 9.49. The molecule has 0 aliphatic heterocycles. The monoisotopic (exact) mass is 297 g/mol. The minimum atomic E-state index is -1.36. The molecular formula is C15H20FNO2S. The summed E-state index contributed by atoms with van der Waals surface area (Å²) < 4.78 is 30.1. The van der Waals surface area contributed by atoms with Gasteiger partial charge >= 0.3 is 0 Å². The van der Waals surface area contributed by atoms with Crippen LogP contribution in [-0.2, 0) is 17.8 Å². The first-order chi connectivity index (χ1) is 9.30. The summed E-state index contributed by atoms with van der Waals surface area (Å²) in [5.74, 6) is -0.902. The maximum Gasteiger partial charge on any atom is 0.168 e. The molecule has 20 heavy (non-hydrogen) atoms. The van der Waals surface area contributed by atoms with Crippen molar-refractivity contribution in [3.8, 4) is 5.75 Å². The van der Waals surface area contributed by atoms with E-state index in [4.69, 9.17) is 0 Å². The fraction of sp³-hybridized carbons (Fsp3) is 0.533. The number of phenolic OH excluding ortho intramolecular Hbond substituents is 1. The molecule has 0 aromatic heterocycles. The van der Waals surface area contributed by atoms with Crippen molar-refractivity contribution in [3.05, 3.63) is 29.1 Å². The number of phenols is 1. The first-order valence-corrected chi connectivity index (χ1v) is 7.91. The Balaban J connectivity index is 2.48. The molecule has 1 aromatic rings. The molecule has 3 nitrogen and oxygen atoms in total. The second-order valence-electron chi connectivity index (χ2n) is 6.03. The van der Waals surface area contributed by atoms with Gasteiger partial charge in [0.05, 0.1) is 5.71 Å². The predicted octanol–water partition coefficient (Wildman–Crippen LogP) is 3.51. The highest BCUT2D eigenvalue weighted by Crippen LogP contribution is 2.30. The zero-order chi connectivity index (χ0) is 14.9. The van der Waals surface area contributed by atoms with Crippen molar-refractivity contribution in [2.45, 2.75) is 51.2 Å². The second-order valence-corrected chi connectivity index (χ2v) is 7.94. The lowest BCUT2D eigenvalue weighted by molar-refractivity contribution is 0.428. The topological polar surface area (TPSA) is 55.7 Å². The van der Waals surface area contributed by atoms with Crippen molar-refractivity contribution >= 4 is 17.1 Å². The number of hydrogen-bond acceptors (Lipinski definition) is 3. The number of halogens is 1. The van der Waals surface area contributed by atoms with Crippen LogP contribution in [0.2, 0.25) is 0 Å². The van der Waals surface area contributed by atoms with Crippen LogP contribution in [0.15, 0.2) is 16.5 Å². The van der Waals surface area contributed by atoms with Gasteiger partial charge in [0, 0.05) is 11.1 Å². The van der Waals surface area contributed by atoms with Gasteiger partial charge in [-0.05, 0) is 58.6 Å². The third-order valence-corrected chi connectivity index (χ3v) is 4.77. The van der Waals surface area contributed by atoms with Crippen molar-refractivity contribution in [2.75, 3.05) is 0 Å². The summed E-state index contributed by atoms with van der Waals surface area (Å²) in [4.78, 5) is 0. The van der Waals surface area contributed by atoms with E-state index in [1.54, 1.807) is 6.07 Å². The highest BCUT2D eigenvalue weighted by Gasteiger charge is 2.29. The van der Waals surface area contributed by atoms with Gasteiger partial charge in [0.25, 0.3) is 0 Å². The highest BCUT2D eigenvalue weighted by atomic mass is 32.2. The van der Waals surface area contributed by atoms with Crippen molar-refractivity contribution in [2.24, 2.45) is 4.40 Å². The quantitative estimate of drug-likeness (QED) is 0.637. The Bertz CT molecular complexity index is 537. The molecule has 5 heteroatoms. The van der Waals surface area contributed by atoms with Gasteiger partial charge in [-0.15, -0.1) is 0 Å². The Morgan fingerprint density at radius 1 is 1.25 bits per heavy atom. The van der Waals surface area contributed by atoms with Crippen LogP contribution in [0.3, 0.4) is 0 Å². The summed E-state index contributed by atoms with van der Waals surface area (Å²) >= 11 is -1.36. The second kappa shape index (κ2) is 5.74. The number of hydrogen-bond donors (Lipinski definition) is 1. The number of rotatable bonds is 1. The predicted molar refractivity (Wildman–Crippen MR) is 80.1 cm³/mol. The molecule has 110 valence electrons. The molecule has 0 radical (unpaired) electrons. The van der Waals surface area contributed by atoms with Gasteiger partial charge < -0.3 is 9.66 Å². The van der Waals surface area contributed by atoms with E-state index in [0.717, 1.165) is 12.8 Å². The van der Waals surface area contributed by atoms with E-state index in [1.165, 1.54) is 6.07 Å². The largest absolute Gasteiger partial charge is 0.591 e. The average molecular weight is 297 g/mol. The van der Waals surface area contributed by atoms with E-state index in [0.29, 0.717) is 29.7 Å². The normalized spacial score (nSPS) is 19.6. The van der Waals surface area contributed by atoms with Gasteiger partial charge in [-0.25, -0.2) is 4.39 Å². The first kappa shape index (κ1) is 15.3. The summed E-state index contributed by atoms with van der Waals surface area (Å²) in [6, 6.07) is 3.02. The summed E-state index contributed by atoms with van der Waals surface area (Å²) in [5.41, 5.74) is 1.87. The van der Waals surface area contributed by atoms with E-state index in [2.05, 4.69) is 4.40 Å². The van der Waals surface area contributed by atoms with Crippen LogP contribution >= 0.6 is 0 Å². The SMILES string of the molecule is CC(C)(C)[S@+]([O-])/N=C1\CCCCc2c1ccc(O)c2F. The summed E-state index contributed by atoms with van der Waals surface area (Å²) in [6.45, 7) is 5.59. The lowest BCUT2D eigenvalue weighted by Crippen LogP contribution is -2.27. The molecule has 1 atom stereocenters. The van der Waals surface area contributed by atoms with Crippen LogP contribution in [0.4, 0.5) is 4.39 Å². The van der Waals surface area contributed by atoms with Crippen molar-refractivity contribution in [1.82, 2.24) is 0 Å². The number of benzene rings is 1. The molecule has 0 spiro atoms. The lowest BCUT2D eigenvalue weighted by atomic mass is 10.0. The average Bonchev–Trinajstić information content (AvgIpc) is 2.56. The standard InChI is InChI=1S/C15H20FNO2S/c1-15(2,3)20(19)17-12-7-5-4-6-11-10(12)8-9-13(18)14(11)16/h8-9,18H,4-7H2,1-3H3/b17-12+/t20-/m0/s1. The summed E-state index contributed by atoms with van der Waals surface area (Å²) in [7, 11) is 0. The molecule has 0 saturated heterocycles. The van der Waals surface area contributed by atoms with Crippen LogP contribution in [0.25, 0.3) is 0 Å². The van der Waals surface area contributed by atoms with Crippen molar-refractivity contribution in [3.63, 3.8) is 0 Å². The van der Waals surface area contributed by atoms with Gasteiger partial charge in [0.15, 0.2) is 11.6 Å². The van der Waals surface area contributed by atoms with E-state index in [1.807, 2.05) is 20.8 Å². The zero-order valence-corrected chi connectivity index (χ0v) is 12.9. The maximum absolute atomic E-state index is 14.0. The van der Waals surface area contributed by atoms with Crippen LogP contribution < -0.4 is 0 Å². The van der Waals surface area contributed by atoms with Gasteiger partial charge in [-0.2, -0.15) is 0 Å². The molecule has 0 heterocycles. The molecular weight excluding hydrogens is 277 g/mol. The molecule has 0 saturated carbocycles. The van der Waals surface area contributed by atoms with Crippen molar-refractivity contribution in [1.29, 1.82) is 0 Å². The number of nitrogens with zero attached hydrogens (tertiary/aromatic N) is 1. The fourth-order valence-corrected chi connectivity index (χ4v) is 2.85. The molecule has 2 rings (SSSR count). The minimum Gasteiger partial charge on any atom is -0.591 e. The molecule has 1 aliphatic carbocycles. The molecule has 0 bridgehead atoms. The van der Waals surface area contributed by atoms with E-state index >= 15 is 0 Å². The molecule has 0 unspecified atom stereocenters. The third-order valence-electron chi connectivity index (χ3n) is 3.34. The van der Waals surface area contributed by atoms with Gasteiger partial charge in [0.1, 0.15) is 16.1 Å². The van der Waals surface area contributed by atoms with Gasteiger partial charge in [-0.3, -0.25) is 0 Å². The Labute approximate surface area is 122 Å². The van der Waals surface area contributed by atoms with Gasteiger partial charge in [0.2, 0.25) is 0 Å². The van der Waals surface area contributed by atoms with Crippen LogP contribution in [0.1, 0.15) is 51.2 Å². The third kappa shape index (κ3) is 3.15. The smallest absolute Gasteiger partial charge is 0.168 e. The summed E-state index contributed by atoms with van der Waals surface area (Å²) in [6.07, 6.45) is 3.00. The fourth-order valence-electron chi connectivity index (χ4n) is 2.18. The Hall–Kier alpha value is -1.07.